The highest BCUT2D eigenvalue weighted by Gasteiger charge is 2.38. The molecule has 0 fully saturated rings. The van der Waals surface area contributed by atoms with E-state index in [1.807, 2.05) is 30.3 Å². The van der Waals surface area contributed by atoms with Crippen LogP contribution in [0.15, 0.2) is 53.4 Å². The molecule has 0 saturated heterocycles. The largest absolute Gasteiger partial charge is 0.454 e. The number of ether oxygens (including phenoxy) is 3. The summed E-state index contributed by atoms with van der Waals surface area (Å²) in [6.45, 7) is 7.69. The summed E-state index contributed by atoms with van der Waals surface area (Å²) in [7, 11) is -7.74. The molecule has 1 aliphatic rings. The van der Waals surface area contributed by atoms with Crippen molar-refractivity contribution < 1.29 is 45.7 Å². The van der Waals surface area contributed by atoms with Crippen molar-refractivity contribution in [1.29, 1.82) is 0 Å². The maximum atomic E-state index is 13.7. The molecule has 2 aromatic rings. The first-order valence-electron chi connectivity index (χ1n) is 14.3. The van der Waals surface area contributed by atoms with Crippen molar-refractivity contribution in [2.24, 2.45) is 0 Å². The molecule has 0 spiro atoms. The molecule has 0 unspecified atom stereocenters. The third-order valence-electron chi connectivity index (χ3n) is 6.80. The predicted molar refractivity (Wildman–Crippen MR) is 167 cm³/mol. The molecule has 0 bridgehead atoms. The lowest BCUT2D eigenvalue weighted by Gasteiger charge is -2.39. The summed E-state index contributed by atoms with van der Waals surface area (Å²) in [5.41, 5.74) is -3.22. The lowest BCUT2D eigenvalue weighted by atomic mass is 9.95. The Morgan fingerprint density at radius 1 is 1.00 bits per heavy atom. The van der Waals surface area contributed by atoms with Crippen LogP contribution in [0.3, 0.4) is 0 Å². The smallest absolute Gasteiger partial charge is 0.408 e. The van der Waals surface area contributed by atoms with Gasteiger partial charge in [0.15, 0.2) is 21.3 Å². The minimum Gasteiger partial charge on any atom is -0.454 e. The average molecular weight is 670 g/mol. The van der Waals surface area contributed by atoms with E-state index < -0.39 is 66.1 Å². The third-order valence-corrected chi connectivity index (χ3v) is 9.72. The van der Waals surface area contributed by atoms with Crippen molar-refractivity contribution in [3.05, 3.63) is 54.1 Å². The molecule has 2 amide bonds. The van der Waals surface area contributed by atoms with Crippen molar-refractivity contribution >= 4 is 31.7 Å². The van der Waals surface area contributed by atoms with Crippen LogP contribution in [0.4, 0.5) is 4.79 Å². The number of aliphatic hydroxyl groups is 1. The second kappa shape index (κ2) is 13.9. The van der Waals surface area contributed by atoms with Crippen molar-refractivity contribution in [2.45, 2.75) is 75.3 Å². The van der Waals surface area contributed by atoms with Crippen LogP contribution in [0.1, 0.15) is 46.6 Å². The number of benzene rings is 2. The minimum atomic E-state index is -4.00. The average Bonchev–Trinajstić information content (AvgIpc) is 3.38. The van der Waals surface area contributed by atoms with E-state index in [4.69, 9.17) is 14.2 Å². The van der Waals surface area contributed by atoms with Gasteiger partial charge in [0.25, 0.3) is 0 Å². The van der Waals surface area contributed by atoms with Crippen LogP contribution in [0, 0.1) is 0 Å². The first-order chi connectivity index (χ1) is 20.7. The van der Waals surface area contributed by atoms with E-state index in [1.165, 1.54) is 25.1 Å². The molecule has 2 aromatic carbocycles. The van der Waals surface area contributed by atoms with Crippen LogP contribution in [0.5, 0.6) is 11.5 Å². The summed E-state index contributed by atoms with van der Waals surface area (Å²) in [4.78, 5) is 26.1. The molecule has 45 heavy (non-hydrogen) atoms. The number of sulfone groups is 2. The molecule has 3 atom stereocenters. The van der Waals surface area contributed by atoms with Gasteiger partial charge in [0.2, 0.25) is 12.7 Å². The van der Waals surface area contributed by atoms with E-state index in [1.54, 1.807) is 27.7 Å². The van der Waals surface area contributed by atoms with Crippen LogP contribution in [0.2, 0.25) is 0 Å². The molecule has 15 heteroatoms. The van der Waals surface area contributed by atoms with E-state index in [-0.39, 0.29) is 36.8 Å². The number of hydrogen-bond acceptors (Lipinski definition) is 11. The predicted octanol–water partition coefficient (Wildman–Crippen LogP) is 1.93. The molecule has 3 rings (SSSR count). The zero-order chi connectivity index (χ0) is 33.7. The number of alkyl carbamates (subject to hydrolysis) is 1. The summed E-state index contributed by atoms with van der Waals surface area (Å²) < 4.78 is 66.7. The third kappa shape index (κ3) is 11.2. The molecule has 1 heterocycles. The maximum absolute atomic E-state index is 13.7. The van der Waals surface area contributed by atoms with Gasteiger partial charge < -0.3 is 30.0 Å². The summed E-state index contributed by atoms with van der Waals surface area (Å²) in [5, 5.41) is 19.6. The zero-order valence-corrected chi connectivity index (χ0v) is 28.0. The molecule has 4 N–H and O–H groups in total. The molecule has 0 aliphatic carbocycles. The Bertz CT molecular complexity index is 1570. The normalized spacial score (nSPS) is 16.6. The highest BCUT2D eigenvalue weighted by atomic mass is 32.2. The first kappa shape index (κ1) is 36.1. The molecule has 13 nitrogen and oxygen atoms in total. The van der Waals surface area contributed by atoms with Crippen molar-refractivity contribution in [2.75, 3.05) is 31.1 Å². The van der Waals surface area contributed by atoms with E-state index in [0.29, 0.717) is 5.75 Å². The summed E-state index contributed by atoms with van der Waals surface area (Å²) in [6.07, 6.45) is 0.383. The fourth-order valence-corrected chi connectivity index (χ4v) is 7.16. The van der Waals surface area contributed by atoms with Gasteiger partial charge in [-0.1, -0.05) is 37.3 Å². The second-order valence-corrected chi connectivity index (χ2v) is 16.7. The lowest BCUT2D eigenvalue weighted by molar-refractivity contribution is -0.125. The number of carbonyl (C=O) groups excluding carboxylic acids is 2. The van der Waals surface area contributed by atoms with Crippen LogP contribution in [-0.2, 0) is 35.6 Å². The van der Waals surface area contributed by atoms with Gasteiger partial charge in [0, 0.05) is 25.3 Å². The minimum absolute atomic E-state index is 0.0228. The van der Waals surface area contributed by atoms with E-state index in [9.17, 15) is 31.5 Å². The van der Waals surface area contributed by atoms with Gasteiger partial charge in [-0.2, -0.15) is 0 Å². The van der Waals surface area contributed by atoms with Crippen LogP contribution < -0.4 is 25.4 Å². The molecule has 0 radical (unpaired) electrons. The summed E-state index contributed by atoms with van der Waals surface area (Å²) in [5.74, 6) is -1.48. The van der Waals surface area contributed by atoms with Crippen molar-refractivity contribution in [3.8, 4) is 11.5 Å². The summed E-state index contributed by atoms with van der Waals surface area (Å²) in [6, 6.07) is 11.8. The highest BCUT2D eigenvalue weighted by molar-refractivity contribution is 7.91. The monoisotopic (exact) mass is 669 g/mol. The Balaban J connectivity index is 1.86. The SMILES string of the molecule is CC[C@](Cc1ccccc1)(NC[C@@](C)(O)CS(=O)(=O)c1ccc2c(c1)OCO2)NC(=O)[C@@H](CS(C)(=O)=O)NC(=O)OC(C)(C)C. The van der Waals surface area contributed by atoms with E-state index >= 15 is 0 Å². The molecular formula is C30H43N3O10S2. The van der Waals surface area contributed by atoms with E-state index in [2.05, 4.69) is 16.0 Å². The van der Waals surface area contributed by atoms with Gasteiger partial charge in [-0.25, -0.2) is 21.6 Å². The fraction of sp³-hybridized carbons (Fsp3) is 0.533. The number of nitrogens with one attached hydrogen (secondary N) is 3. The van der Waals surface area contributed by atoms with Gasteiger partial charge in [0.1, 0.15) is 21.5 Å². The van der Waals surface area contributed by atoms with Crippen LogP contribution in [0.25, 0.3) is 0 Å². The Labute approximate surface area is 264 Å². The number of hydrogen-bond donors (Lipinski definition) is 4. The van der Waals surface area contributed by atoms with Gasteiger partial charge >= 0.3 is 6.09 Å². The van der Waals surface area contributed by atoms with Crippen molar-refractivity contribution in [3.63, 3.8) is 0 Å². The van der Waals surface area contributed by atoms with Gasteiger partial charge in [-0.3, -0.25) is 10.1 Å². The Hall–Kier alpha value is -3.40. The zero-order valence-electron chi connectivity index (χ0n) is 26.4. The molecule has 1 aliphatic heterocycles. The number of carbonyl (C=O) groups is 2. The number of fused-ring (bicyclic) bond motifs is 1. The Morgan fingerprint density at radius 3 is 2.24 bits per heavy atom. The second-order valence-electron chi connectivity index (χ2n) is 12.5. The van der Waals surface area contributed by atoms with Gasteiger partial charge in [-0.05, 0) is 51.8 Å². The highest BCUT2D eigenvalue weighted by Crippen LogP contribution is 2.34. The lowest BCUT2D eigenvalue weighted by Crippen LogP contribution is -2.66. The van der Waals surface area contributed by atoms with Crippen LogP contribution in [-0.4, -0.2) is 87.9 Å². The van der Waals surface area contributed by atoms with Crippen LogP contribution >= 0.6 is 0 Å². The quantitative estimate of drug-likeness (QED) is 0.215. The maximum Gasteiger partial charge on any atom is 0.408 e. The number of amides is 2. The van der Waals surface area contributed by atoms with Crippen molar-refractivity contribution in [1.82, 2.24) is 16.0 Å². The molecule has 250 valence electrons. The first-order valence-corrected chi connectivity index (χ1v) is 18.1. The molecule has 0 aromatic heterocycles. The Morgan fingerprint density at radius 2 is 1.64 bits per heavy atom. The van der Waals surface area contributed by atoms with E-state index in [0.717, 1.165) is 11.8 Å². The molecule has 0 saturated carbocycles. The topological polar surface area (TPSA) is 186 Å². The van der Waals surface area contributed by atoms with Gasteiger partial charge in [-0.15, -0.1) is 0 Å². The molecular weight excluding hydrogens is 626 g/mol. The standard InChI is InChI=1S/C30H43N3O10S2/c1-7-30(16-21-11-9-8-10-12-21,33-26(34)23(17-44(6,37)38)32-27(35)43-28(2,3)4)31-18-29(5,36)19-45(39,40)22-13-14-24-25(15-22)42-20-41-24/h8-15,23,31,36H,7,16-20H2,1-6H3,(H,32,35)(H,33,34)/t23-,29-,30+/m1/s1. The summed E-state index contributed by atoms with van der Waals surface area (Å²) >= 11 is 0. The Kier molecular flexibility index (Phi) is 11.2. The fourth-order valence-electron chi connectivity index (χ4n) is 4.67. The number of rotatable bonds is 14. The van der Waals surface area contributed by atoms with Gasteiger partial charge in [0.05, 0.1) is 27.7 Å².